The summed E-state index contributed by atoms with van der Waals surface area (Å²) in [5, 5.41) is 2.81. The second-order valence-corrected chi connectivity index (χ2v) is 11.4. The van der Waals surface area contributed by atoms with Gasteiger partial charge in [0.15, 0.2) is 15.9 Å². The molecule has 2 atom stereocenters. The molecule has 0 unspecified atom stereocenters. The fourth-order valence-corrected chi connectivity index (χ4v) is 4.75. The van der Waals surface area contributed by atoms with Gasteiger partial charge in [0.1, 0.15) is 5.75 Å². The Bertz CT molecular complexity index is 1170. The third-order valence-electron chi connectivity index (χ3n) is 4.84. The molecule has 10 heteroatoms. The lowest BCUT2D eigenvalue weighted by Gasteiger charge is -2.34. The van der Waals surface area contributed by atoms with Crippen LogP contribution in [0.4, 0.5) is 5.69 Å². The number of aryl methyl sites for hydroxylation is 1. The Morgan fingerprint density at radius 1 is 1.10 bits per heavy atom. The number of fused-ring (bicyclic) bond motifs is 1. The van der Waals surface area contributed by atoms with Gasteiger partial charge >= 0.3 is 0 Å². The molecule has 1 N–H and O–H groups in total. The van der Waals surface area contributed by atoms with Crippen LogP contribution in [0.3, 0.4) is 0 Å². The van der Waals surface area contributed by atoms with Crippen molar-refractivity contribution in [2.24, 2.45) is 0 Å². The highest BCUT2D eigenvalue weighted by atomic mass is 32.2. The maximum Gasteiger partial charge on any atom is 0.263 e. The lowest BCUT2D eigenvalue weighted by atomic mass is 10.1. The van der Waals surface area contributed by atoms with Gasteiger partial charge in [0.05, 0.1) is 29.4 Å². The van der Waals surface area contributed by atoms with E-state index in [0.717, 1.165) is 18.1 Å². The molecule has 2 aromatic rings. The van der Waals surface area contributed by atoms with Crippen molar-refractivity contribution < 1.29 is 26.4 Å². The van der Waals surface area contributed by atoms with Crippen LogP contribution < -0.4 is 14.4 Å². The lowest BCUT2D eigenvalue weighted by Crippen LogP contribution is -2.50. The second-order valence-electron chi connectivity index (χ2n) is 7.44. The van der Waals surface area contributed by atoms with Gasteiger partial charge in [-0.05, 0) is 49.2 Å². The number of ether oxygens (including phenoxy) is 1. The molecule has 1 amide bonds. The Balaban J connectivity index is 1.80. The van der Waals surface area contributed by atoms with Gasteiger partial charge in [0.2, 0.25) is 10.0 Å². The molecule has 3 rings (SSSR count). The summed E-state index contributed by atoms with van der Waals surface area (Å²) in [6.07, 6.45) is 1.19. The molecule has 8 nitrogen and oxygen atoms in total. The Morgan fingerprint density at radius 2 is 1.73 bits per heavy atom. The SMILES string of the molecule is Cc1ccc2c(c1)O[C@H](C(=O)N[C@@H](C)c1ccc(S(C)(=O)=O)cc1)CN2S(C)(=O)=O. The van der Waals surface area contributed by atoms with E-state index < -0.39 is 37.9 Å². The number of benzene rings is 2. The average Bonchev–Trinajstić information content (AvgIpc) is 2.65. The third kappa shape index (κ3) is 4.76. The maximum absolute atomic E-state index is 12.8. The fourth-order valence-electron chi connectivity index (χ4n) is 3.21. The Kier molecular flexibility index (Phi) is 5.83. The van der Waals surface area contributed by atoms with E-state index in [-0.39, 0.29) is 11.4 Å². The first kappa shape index (κ1) is 22.1. The molecule has 0 aliphatic carbocycles. The highest BCUT2D eigenvalue weighted by Crippen LogP contribution is 2.35. The highest BCUT2D eigenvalue weighted by Gasteiger charge is 2.35. The van der Waals surface area contributed by atoms with Crippen LogP contribution in [-0.4, -0.2) is 47.9 Å². The number of carbonyl (C=O) groups is 1. The van der Waals surface area contributed by atoms with E-state index in [2.05, 4.69) is 5.32 Å². The molecule has 0 bridgehead atoms. The molecule has 0 fully saturated rings. The molecule has 30 heavy (non-hydrogen) atoms. The average molecular weight is 453 g/mol. The van der Waals surface area contributed by atoms with Crippen molar-refractivity contribution in [2.75, 3.05) is 23.4 Å². The Labute approximate surface area is 176 Å². The summed E-state index contributed by atoms with van der Waals surface area (Å²) >= 11 is 0. The zero-order valence-electron chi connectivity index (χ0n) is 17.1. The van der Waals surface area contributed by atoms with Crippen molar-refractivity contribution in [1.82, 2.24) is 5.32 Å². The van der Waals surface area contributed by atoms with Gasteiger partial charge in [-0.25, -0.2) is 16.8 Å². The normalized spacial score (nSPS) is 17.6. The van der Waals surface area contributed by atoms with Crippen LogP contribution in [0.1, 0.15) is 24.1 Å². The van der Waals surface area contributed by atoms with Gasteiger partial charge in [-0.2, -0.15) is 0 Å². The second kappa shape index (κ2) is 7.92. The molecule has 0 saturated heterocycles. The molecule has 0 saturated carbocycles. The van der Waals surface area contributed by atoms with Crippen molar-refractivity contribution in [1.29, 1.82) is 0 Å². The first-order valence-corrected chi connectivity index (χ1v) is 13.0. The fraction of sp³-hybridized carbons (Fsp3) is 0.350. The smallest absolute Gasteiger partial charge is 0.263 e. The molecular formula is C20H24N2O6S2. The first-order chi connectivity index (χ1) is 13.9. The van der Waals surface area contributed by atoms with E-state index in [0.29, 0.717) is 17.0 Å². The Hall–Kier alpha value is -2.59. The van der Waals surface area contributed by atoms with Crippen molar-refractivity contribution in [3.05, 3.63) is 53.6 Å². The predicted octanol–water partition coefficient (Wildman–Crippen LogP) is 1.80. The van der Waals surface area contributed by atoms with Gasteiger partial charge in [-0.1, -0.05) is 18.2 Å². The van der Waals surface area contributed by atoms with E-state index in [1.54, 1.807) is 37.3 Å². The van der Waals surface area contributed by atoms with Crippen LogP contribution in [0.2, 0.25) is 0 Å². The number of amides is 1. The van der Waals surface area contributed by atoms with Gasteiger partial charge in [-0.15, -0.1) is 0 Å². The molecule has 2 aromatic carbocycles. The van der Waals surface area contributed by atoms with Crippen molar-refractivity contribution >= 4 is 31.5 Å². The number of sulfonamides is 1. The van der Waals surface area contributed by atoms with Gasteiger partial charge in [0, 0.05) is 6.26 Å². The van der Waals surface area contributed by atoms with E-state index in [1.807, 2.05) is 6.92 Å². The summed E-state index contributed by atoms with van der Waals surface area (Å²) in [4.78, 5) is 13.0. The molecule has 0 spiro atoms. The maximum atomic E-state index is 12.8. The monoisotopic (exact) mass is 452 g/mol. The van der Waals surface area contributed by atoms with Gasteiger partial charge in [-0.3, -0.25) is 9.10 Å². The topological polar surface area (TPSA) is 110 Å². The summed E-state index contributed by atoms with van der Waals surface area (Å²) < 4.78 is 54.7. The molecule has 0 aromatic heterocycles. The lowest BCUT2D eigenvalue weighted by molar-refractivity contribution is -0.128. The van der Waals surface area contributed by atoms with E-state index in [1.165, 1.54) is 16.4 Å². The molecule has 1 heterocycles. The van der Waals surface area contributed by atoms with Crippen molar-refractivity contribution in [2.45, 2.75) is 30.9 Å². The van der Waals surface area contributed by atoms with Crippen LogP contribution in [0, 0.1) is 6.92 Å². The Morgan fingerprint density at radius 3 is 2.30 bits per heavy atom. The minimum absolute atomic E-state index is 0.138. The number of hydrogen-bond donors (Lipinski definition) is 1. The number of anilines is 1. The van der Waals surface area contributed by atoms with Gasteiger partial charge < -0.3 is 10.1 Å². The minimum atomic E-state index is -3.60. The number of sulfone groups is 1. The number of carbonyl (C=O) groups excluding carboxylic acids is 1. The number of rotatable bonds is 5. The van der Waals surface area contributed by atoms with Crippen LogP contribution in [0.15, 0.2) is 47.4 Å². The minimum Gasteiger partial charge on any atom is -0.476 e. The molecular weight excluding hydrogens is 428 g/mol. The molecule has 1 aliphatic heterocycles. The summed E-state index contributed by atoms with van der Waals surface area (Å²) in [5.74, 6) is -0.132. The summed E-state index contributed by atoms with van der Waals surface area (Å²) in [6.45, 7) is 3.46. The van der Waals surface area contributed by atoms with Crippen molar-refractivity contribution in [3.8, 4) is 5.75 Å². The van der Waals surface area contributed by atoms with Gasteiger partial charge in [0.25, 0.3) is 5.91 Å². The standard InChI is InChI=1S/C20H24N2O6S2/c1-13-5-10-17-18(11-13)28-19(12-22(17)30(4,26)27)20(23)21-14(2)15-6-8-16(9-7-15)29(3,24)25/h5-11,14,19H,12H2,1-4H3,(H,21,23)/t14-,19-/m0/s1. The van der Waals surface area contributed by atoms with Crippen LogP contribution in [0.5, 0.6) is 5.75 Å². The van der Waals surface area contributed by atoms with E-state index in [9.17, 15) is 21.6 Å². The molecule has 0 radical (unpaired) electrons. The molecule has 162 valence electrons. The van der Waals surface area contributed by atoms with Crippen LogP contribution in [0.25, 0.3) is 0 Å². The quantitative estimate of drug-likeness (QED) is 0.741. The largest absolute Gasteiger partial charge is 0.476 e. The number of nitrogens with one attached hydrogen (secondary N) is 1. The third-order valence-corrected chi connectivity index (χ3v) is 7.12. The first-order valence-electron chi connectivity index (χ1n) is 9.21. The highest BCUT2D eigenvalue weighted by molar-refractivity contribution is 7.92. The molecule has 1 aliphatic rings. The predicted molar refractivity (Wildman–Crippen MR) is 114 cm³/mol. The summed E-state index contributed by atoms with van der Waals surface area (Å²) in [7, 11) is -6.91. The van der Waals surface area contributed by atoms with E-state index >= 15 is 0 Å². The summed E-state index contributed by atoms with van der Waals surface area (Å²) in [6, 6.07) is 10.9. The van der Waals surface area contributed by atoms with Crippen molar-refractivity contribution in [3.63, 3.8) is 0 Å². The number of nitrogens with zero attached hydrogens (tertiary/aromatic N) is 1. The summed E-state index contributed by atoms with van der Waals surface area (Å²) in [5.41, 5.74) is 1.99. The zero-order chi connectivity index (χ0) is 22.3. The van der Waals surface area contributed by atoms with Crippen LogP contribution >= 0.6 is 0 Å². The van der Waals surface area contributed by atoms with E-state index in [4.69, 9.17) is 4.74 Å². The zero-order valence-corrected chi connectivity index (χ0v) is 18.7. The van der Waals surface area contributed by atoms with Crippen LogP contribution in [-0.2, 0) is 24.7 Å². The number of hydrogen-bond acceptors (Lipinski definition) is 6.